The molecule has 2 aromatic carbocycles. The molecule has 34 heavy (non-hydrogen) atoms. The Morgan fingerprint density at radius 2 is 1.68 bits per heavy atom. The van der Waals surface area contributed by atoms with Gasteiger partial charge in [0.25, 0.3) is 0 Å². The van der Waals surface area contributed by atoms with Gasteiger partial charge in [0.15, 0.2) is 0 Å². The van der Waals surface area contributed by atoms with Crippen LogP contribution in [0.4, 0.5) is 0 Å². The molecule has 2 aromatic rings. The number of amides is 1. The molecule has 1 aliphatic heterocycles. The van der Waals surface area contributed by atoms with Gasteiger partial charge in [-0.05, 0) is 61.4 Å². The molecule has 0 radical (unpaired) electrons. The van der Waals surface area contributed by atoms with Crippen molar-refractivity contribution in [3.63, 3.8) is 0 Å². The molecule has 1 aliphatic rings. The number of nitrogens with zero attached hydrogens (tertiary/aromatic N) is 2. The maximum absolute atomic E-state index is 12.5. The fourth-order valence-electron chi connectivity index (χ4n) is 3.09. The van der Waals surface area contributed by atoms with Crippen molar-refractivity contribution >= 4 is 23.4 Å². The second kappa shape index (κ2) is 14.9. The summed E-state index contributed by atoms with van der Waals surface area (Å²) in [5.41, 5.74) is 3.98. The van der Waals surface area contributed by atoms with Crippen LogP contribution in [0.2, 0.25) is 0 Å². The van der Waals surface area contributed by atoms with Crippen LogP contribution in [0, 0.1) is 13.8 Å². The van der Waals surface area contributed by atoms with E-state index in [1.54, 1.807) is 25.0 Å². The quantitative estimate of drug-likeness (QED) is 0.515. The van der Waals surface area contributed by atoms with Crippen LogP contribution in [0.5, 0.6) is 11.5 Å². The number of ether oxygens (including phenoxy) is 2. The largest absolute Gasteiger partial charge is 0.497 e. The van der Waals surface area contributed by atoms with Gasteiger partial charge in [0.05, 0.1) is 20.1 Å². The minimum atomic E-state index is -0.0791. The molecule has 0 saturated carbocycles. The smallest absolute Gasteiger partial charge is 0.223 e. The zero-order valence-electron chi connectivity index (χ0n) is 21.1. The SMILES string of the molecule is CC.CO.COc1ccc(C)c(CN(C(C)=O)C2=CC=C(Cl)N=C(Oc3ccc(C)cc3)C2)c1. The van der Waals surface area contributed by atoms with Gasteiger partial charge < -0.3 is 19.5 Å². The summed E-state index contributed by atoms with van der Waals surface area (Å²) in [4.78, 5) is 18.6. The third-order valence-electron chi connectivity index (χ3n) is 4.85. The highest BCUT2D eigenvalue weighted by molar-refractivity contribution is 6.30. The standard InChI is InChI=1S/C24H25ClN2O3.C2H6.CH4O/c1-16-5-9-21(10-6-16)30-24-14-20(8-12-23(25)26-24)27(18(3)28)15-19-13-22(29-4)11-7-17(19)2;2*1-2/h5-13H,14-15H2,1-4H3;1-2H3;2H,1H3. The first-order chi connectivity index (χ1) is 16.4. The maximum atomic E-state index is 12.5. The molecule has 1 amide bonds. The highest BCUT2D eigenvalue weighted by Gasteiger charge is 2.20. The van der Waals surface area contributed by atoms with E-state index in [4.69, 9.17) is 26.2 Å². The van der Waals surface area contributed by atoms with Gasteiger partial charge in [-0.3, -0.25) is 4.79 Å². The summed E-state index contributed by atoms with van der Waals surface area (Å²) in [5, 5.41) is 7.30. The number of aryl methyl sites for hydroxylation is 2. The normalized spacial score (nSPS) is 12.3. The Hall–Kier alpha value is -3.09. The molecule has 0 spiro atoms. The highest BCUT2D eigenvalue weighted by atomic mass is 35.5. The number of rotatable bonds is 5. The Morgan fingerprint density at radius 3 is 2.26 bits per heavy atom. The van der Waals surface area contributed by atoms with Crippen molar-refractivity contribution in [1.82, 2.24) is 4.90 Å². The fourth-order valence-corrected chi connectivity index (χ4v) is 3.25. The molecule has 1 heterocycles. The van der Waals surface area contributed by atoms with E-state index >= 15 is 0 Å². The molecular formula is C27H35ClN2O4. The summed E-state index contributed by atoms with van der Waals surface area (Å²) in [7, 11) is 2.63. The summed E-state index contributed by atoms with van der Waals surface area (Å²) in [6.45, 7) is 9.98. The first-order valence-electron chi connectivity index (χ1n) is 11.1. The molecule has 184 valence electrons. The van der Waals surface area contributed by atoms with Crippen LogP contribution in [-0.4, -0.2) is 36.0 Å². The summed E-state index contributed by atoms with van der Waals surface area (Å²) >= 11 is 6.21. The van der Waals surface area contributed by atoms with E-state index in [0.29, 0.717) is 29.8 Å². The van der Waals surface area contributed by atoms with Crippen molar-refractivity contribution in [1.29, 1.82) is 0 Å². The van der Waals surface area contributed by atoms with Crippen LogP contribution < -0.4 is 9.47 Å². The molecule has 0 unspecified atom stereocenters. The van der Waals surface area contributed by atoms with E-state index in [-0.39, 0.29) is 5.91 Å². The van der Waals surface area contributed by atoms with Gasteiger partial charge in [-0.1, -0.05) is 49.2 Å². The number of aliphatic hydroxyl groups excluding tert-OH is 1. The van der Waals surface area contributed by atoms with Crippen LogP contribution in [0.25, 0.3) is 0 Å². The Bertz CT molecular complexity index is 1030. The van der Waals surface area contributed by atoms with Crippen molar-refractivity contribution in [2.45, 2.75) is 47.6 Å². The van der Waals surface area contributed by atoms with Crippen molar-refractivity contribution < 1.29 is 19.4 Å². The van der Waals surface area contributed by atoms with E-state index in [2.05, 4.69) is 4.99 Å². The number of aliphatic imine (C=N–C) groups is 1. The van der Waals surface area contributed by atoms with Crippen molar-refractivity contribution in [3.05, 3.63) is 82.2 Å². The van der Waals surface area contributed by atoms with Crippen LogP contribution in [0.15, 0.2) is 70.5 Å². The Morgan fingerprint density at radius 1 is 1.06 bits per heavy atom. The predicted octanol–water partition coefficient (Wildman–Crippen LogP) is 6.14. The summed E-state index contributed by atoms with van der Waals surface area (Å²) in [6.07, 6.45) is 3.83. The lowest BCUT2D eigenvalue weighted by atomic mass is 10.1. The summed E-state index contributed by atoms with van der Waals surface area (Å²) in [6, 6.07) is 13.5. The average Bonchev–Trinajstić information content (AvgIpc) is 3.03. The lowest BCUT2D eigenvalue weighted by Gasteiger charge is -2.25. The number of aliphatic hydroxyl groups is 1. The van der Waals surface area contributed by atoms with Crippen LogP contribution in [0.1, 0.15) is 43.9 Å². The molecule has 1 N–H and O–H groups in total. The molecule has 0 atom stereocenters. The molecule has 6 nitrogen and oxygen atoms in total. The maximum Gasteiger partial charge on any atom is 0.223 e. The fraction of sp³-hybridized carbons (Fsp3) is 0.333. The zero-order chi connectivity index (χ0) is 25.7. The van der Waals surface area contributed by atoms with Gasteiger partial charge in [0, 0.05) is 19.7 Å². The van der Waals surface area contributed by atoms with E-state index < -0.39 is 0 Å². The monoisotopic (exact) mass is 486 g/mol. The first kappa shape index (κ1) is 28.9. The lowest BCUT2D eigenvalue weighted by molar-refractivity contribution is -0.127. The Kier molecular flexibility index (Phi) is 12.7. The van der Waals surface area contributed by atoms with E-state index in [1.165, 1.54) is 0 Å². The number of carbonyl (C=O) groups excluding carboxylic acids is 1. The van der Waals surface area contributed by atoms with Crippen molar-refractivity contribution in [3.8, 4) is 11.5 Å². The second-order valence-corrected chi connectivity index (χ2v) is 7.53. The highest BCUT2D eigenvalue weighted by Crippen LogP contribution is 2.25. The van der Waals surface area contributed by atoms with E-state index in [9.17, 15) is 4.79 Å². The summed E-state index contributed by atoms with van der Waals surface area (Å²) < 4.78 is 11.3. The van der Waals surface area contributed by atoms with E-state index in [1.807, 2.05) is 76.2 Å². The molecular weight excluding hydrogens is 452 g/mol. The van der Waals surface area contributed by atoms with Gasteiger partial charge in [-0.25, -0.2) is 4.99 Å². The van der Waals surface area contributed by atoms with Gasteiger partial charge in [-0.15, -0.1) is 0 Å². The molecule has 3 rings (SSSR count). The number of benzene rings is 2. The molecule has 0 bridgehead atoms. The minimum Gasteiger partial charge on any atom is -0.497 e. The van der Waals surface area contributed by atoms with Gasteiger partial charge >= 0.3 is 0 Å². The third-order valence-corrected chi connectivity index (χ3v) is 5.06. The molecule has 0 aliphatic carbocycles. The van der Waals surface area contributed by atoms with Gasteiger partial charge in [-0.2, -0.15) is 0 Å². The number of hydrogen-bond donors (Lipinski definition) is 1. The lowest BCUT2D eigenvalue weighted by Crippen LogP contribution is -2.29. The van der Waals surface area contributed by atoms with Crippen LogP contribution in [0.3, 0.4) is 0 Å². The topological polar surface area (TPSA) is 71.4 Å². The minimum absolute atomic E-state index is 0.0791. The molecule has 7 heteroatoms. The number of allylic oxidation sites excluding steroid dienone is 2. The van der Waals surface area contributed by atoms with E-state index in [0.717, 1.165) is 35.2 Å². The van der Waals surface area contributed by atoms with Crippen molar-refractivity contribution in [2.75, 3.05) is 14.2 Å². The van der Waals surface area contributed by atoms with Gasteiger partial charge in [0.2, 0.25) is 11.8 Å². The van der Waals surface area contributed by atoms with Crippen molar-refractivity contribution in [2.24, 2.45) is 4.99 Å². The Balaban J connectivity index is 0.00000137. The molecule has 0 saturated heterocycles. The number of methoxy groups -OCH3 is 1. The molecule has 0 fully saturated rings. The number of hydrogen-bond acceptors (Lipinski definition) is 5. The second-order valence-electron chi connectivity index (χ2n) is 7.14. The van der Waals surface area contributed by atoms with Crippen LogP contribution in [-0.2, 0) is 11.3 Å². The summed E-state index contributed by atoms with van der Waals surface area (Å²) in [5.74, 6) is 1.77. The molecule has 0 aromatic heterocycles. The zero-order valence-corrected chi connectivity index (χ0v) is 21.8. The average molecular weight is 487 g/mol. The number of halogens is 1. The van der Waals surface area contributed by atoms with Gasteiger partial charge in [0.1, 0.15) is 16.7 Å². The Labute approximate surface area is 208 Å². The first-order valence-corrected chi connectivity index (χ1v) is 11.5. The predicted molar refractivity (Wildman–Crippen MR) is 139 cm³/mol. The van der Waals surface area contributed by atoms with Crippen LogP contribution >= 0.6 is 11.6 Å². The number of carbonyl (C=O) groups is 1. The third kappa shape index (κ3) is 8.69.